The van der Waals surface area contributed by atoms with E-state index in [1.165, 1.54) is 33.4 Å². The second kappa shape index (κ2) is 8.55. The molecule has 0 aromatic heterocycles. The van der Waals surface area contributed by atoms with Crippen molar-refractivity contribution < 1.29 is 0 Å². The zero-order chi connectivity index (χ0) is 24.2. The minimum absolute atomic E-state index is 0.0807. The van der Waals surface area contributed by atoms with Crippen molar-refractivity contribution in [2.45, 2.75) is 31.1 Å². The maximum Gasteiger partial charge on any atom is 0.0438 e. The molecule has 2 aliphatic rings. The Morgan fingerprint density at radius 3 is 1.23 bits per heavy atom. The summed E-state index contributed by atoms with van der Waals surface area (Å²) in [6, 6.07) is 39.0. The maximum absolute atomic E-state index is 7.39. The van der Waals surface area contributed by atoms with E-state index >= 15 is 0 Å². The molecule has 2 unspecified atom stereocenters. The molecular formula is C33H26Cl2. The molecule has 0 nitrogen and oxygen atoms in total. The fourth-order valence-electron chi connectivity index (χ4n) is 6.46. The van der Waals surface area contributed by atoms with E-state index < -0.39 is 5.41 Å². The number of hydrogen-bond acceptors (Lipinski definition) is 0. The molecule has 2 aliphatic carbocycles. The largest absolute Gasteiger partial charge is 0.0881 e. The Bertz CT molecular complexity index is 1360. The Morgan fingerprint density at radius 2 is 0.829 bits per heavy atom. The van der Waals surface area contributed by atoms with Crippen LogP contribution in [0.5, 0.6) is 0 Å². The molecule has 0 N–H and O–H groups in total. The predicted molar refractivity (Wildman–Crippen MR) is 149 cm³/mol. The summed E-state index contributed by atoms with van der Waals surface area (Å²) in [4.78, 5) is 0. The zero-order valence-corrected chi connectivity index (χ0v) is 21.3. The third-order valence-electron chi connectivity index (χ3n) is 7.99. The molecule has 0 spiro atoms. The van der Waals surface area contributed by atoms with Crippen LogP contribution < -0.4 is 0 Å². The molecule has 0 aliphatic heterocycles. The Labute approximate surface area is 217 Å². The van der Waals surface area contributed by atoms with Crippen LogP contribution in [-0.2, 0) is 5.41 Å². The third kappa shape index (κ3) is 3.13. The summed E-state index contributed by atoms with van der Waals surface area (Å²) in [5.41, 5.74) is 9.14. The summed E-state index contributed by atoms with van der Waals surface area (Å²) in [5.74, 6) is -0.161. The molecule has 6 rings (SSSR count). The van der Waals surface area contributed by atoms with Gasteiger partial charge in [-0.3, -0.25) is 0 Å². The molecule has 172 valence electrons. The van der Waals surface area contributed by atoms with Crippen molar-refractivity contribution in [1.29, 1.82) is 0 Å². The molecule has 0 amide bonds. The second-order valence-electron chi connectivity index (χ2n) is 9.59. The fourth-order valence-corrected chi connectivity index (χ4v) is 7.24. The highest BCUT2D eigenvalue weighted by atomic mass is 35.5. The molecular weight excluding hydrogens is 467 g/mol. The van der Waals surface area contributed by atoms with Gasteiger partial charge in [0, 0.05) is 27.3 Å². The van der Waals surface area contributed by atoms with Gasteiger partial charge >= 0.3 is 0 Å². The van der Waals surface area contributed by atoms with Gasteiger partial charge in [-0.2, -0.15) is 0 Å². The first kappa shape index (κ1) is 22.4. The lowest BCUT2D eigenvalue weighted by molar-refractivity contribution is 0.415. The topological polar surface area (TPSA) is 0 Å². The van der Waals surface area contributed by atoms with Crippen LogP contribution in [0.2, 0.25) is 0 Å². The second-order valence-corrected chi connectivity index (χ2v) is 10.4. The molecule has 0 bridgehead atoms. The molecule has 35 heavy (non-hydrogen) atoms. The SMILES string of the molecule is CC1=C(Cl)C(C(c2ccccc2)(c2ccccc2)C2C(Cl)=C(C)c3ccccc32)c2ccccc21. The Balaban J connectivity index is 1.79. The number of allylic oxidation sites excluding steroid dienone is 4. The monoisotopic (exact) mass is 492 g/mol. The first-order valence-corrected chi connectivity index (χ1v) is 12.8. The summed E-state index contributed by atoms with van der Waals surface area (Å²) in [6.45, 7) is 4.29. The Kier molecular flexibility index (Phi) is 5.48. The number of fused-ring (bicyclic) bond motifs is 2. The van der Waals surface area contributed by atoms with Gasteiger partial charge in [-0.1, -0.05) is 132 Å². The average molecular weight is 493 g/mol. The lowest BCUT2D eigenvalue weighted by Crippen LogP contribution is -2.41. The molecule has 2 heteroatoms. The summed E-state index contributed by atoms with van der Waals surface area (Å²) >= 11 is 14.8. The normalized spacial score (nSPS) is 19.2. The average Bonchev–Trinajstić information content (AvgIpc) is 3.32. The van der Waals surface area contributed by atoms with Gasteiger partial charge in [0.05, 0.1) is 0 Å². The number of hydrogen-bond donors (Lipinski definition) is 0. The van der Waals surface area contributed by atoms with Gasteiger partial charge < -0.3 is 0 Å². The van der Waals surface area contributed by atoms with E-state index in [9.17, 15) is 0 Å². The van der Waals surface area contributed by atoms with Crippen molar-refractivity contribution >= 4 is 34.3 Å². The van der Waals surface area contributed by atoms with Crippen LogP contribution >= 0.6 is 23.2 Å². The van der Waals surface area contributed by atoms with Gasteiger partial charge in [0.2, 0.25) is 0 Å². The minimum Gasteiger partial charge on any atom is -0.0881 e. The van der Waals surface area contributed by atoms with E-state index in [0.717, 1.165) is 21.2 Å². The van der Waals surface area contributed by atoms with E-state index in [4.69, 9.17) is 23.2 Å². The summed E-state index contributed by atoms with van der Waals surface area (Å²) in [7, 11) is 0. The summed E-state index contributed by atoms with van der Waals surface area (Å²) in [6.07, 6.45) is 0. The van der Waals surface area contributed by atoms with Gasteiger partial charge in [0.15, 0.2) is 0 Å². The Hall–Kier alpha value is -3.06. The quantitative estimate of drug-likeness (QED) is 0.266. The molecule has 4 aromatic carbocycles. The molecule has 0 radical (unpaired) electrons. The van der Waals surface area contributed by atoms with Crippen LogP contribution in [-0.4, -0.2) is 0 Å². The van der Waals surface area contributed by atoms with Crippen molar-refractivity contribution in [1.82, 2.24) is 0 Å². The third-order valence-corrected chi connectivity index (χ3v) is 8.99. The van der Waals surface area contributed by atoms with Gasteiger partial charge in [0.1, 0.15) is 0 Å². The van der Waals surface area contributed by atoms with Crippen molar-refractivity contribution in [3.05, 3.63) is 153 Å². The van der Waals surface area contributed by atoms with Crippen molar-refractivity contribution in [3.8, 4) is 0 Å². The van der Waals surface area contributed by atoms with Crippen LogP contribution in [0.15, 0.2) is 119 Å². The van der Waals surface area contributed by atoms with Crippen LogP contribution in [0, 0.1) is 0 Å². The fraction of sp³-hybridized carbons (Fsp3) is 0.152. The minimum atomic E-state index is -0.543. The highest BCUT2D eigenvalue weighted by Gasteiger charge is 2.55. The summed E-state index contributed by atoms with van der Waals surface area (Å²) < 4.78 is 0. The van der Waals surface area contributed by atoms with Gasteiger partial charge in [0.25, 0.3) is 0 Å². The van der Waals surface area contributed by atoms with Gasteiger partial charge in [-0.25, -0.2) is 0 Å². The molecule has 4 aromatic rings. The predicted octanol–water partition coefficient (Wildman–Crippen LogP) is 9.51. The zero-order valence-electron chi connectivity index (χ0n) is 19.8. The first-order valence-electron chi connectivity index (χ1n) is 12.1. The molecule has 0 fully saturated rings. The van der Waals surface area contributed by atoms with Gasteiger partial charge in [-0.05, 0) is 58.4 Å². The lowest BCUT2D eigenvalue weighted by atomic mass is 9.56. The van der Waals surface area contributed by atoms with Crippen LogP contribution in [0.4, 0.5) is 0 Å². The van der Waals surface area contributed by atoms with E-state index in [1.807, 2.05) is 0 Å². The number of halogens is 2. The number of rotatable bonds is 4. The van der Waals surface area contributed by atoms with Crippen molar-refractivity contribution in [2.75, 3.05) is 0 Å². The first-order chi connectivity index (χ1) is 17.1. The molecule has 2 atom stereocenters. The highest BCUT2D eigenvalue weighted by Crippen LogP contribution is 2.65. The van der Waals surface area contributed by atoms with Crippen molar-refractivity contribution in [2.24, 2.45) is 0 Å². The van der Waals surface area contributed by atoms with E-state index in [2.05, 4.69) is 123 Å². The molecule has 0 saturated carbocycles. The van der Waals surface area contributed by atoms with Crippen molar-refractivity contribution in [3.63, 3.8) is 0 Å². The number of benzene rings is 4. The van der Waals surface area contributed by atoms with E-state index in [0.29, 0.717) is 0 Å². The van der Waals surface area contributed by atoms with Crippen LogP contribution in [0.3, 0.4) is 0 Å². The highest BCUT2D eigenvalue weighted by molar-refractivity contribution is 6.35. The van der Waals surface area contributed by atoms with E-state index in [1.54, 1.807) is 0 Å². The van der Waals surface area contributed by atoms with E-state index in [-0.39, 0.29) is 11.8 Å². The maximum atomic E-state index is 7.39. The summed E-state index contributed by atoms with van der Waals surface area (Å²) in [5, 5.41) is 1.79. The lowest BCUT2D eigenvalue weighted by Gasteiger charge is -2.46. The van der Waals surface area contributed by atoms with Gasteiger partial charge in [-0.15, -0.1) is 0 Å². The Morgan fingerprint density at radius 1 is 0.486 bits per heavy atom. The smallest absolute Gasteiger partial charge is 0.0438 e. The van der Waals surface area contributed by atoms with Crippen LogP contribution in [0.1, 0.15) is 59.1 Å². The van der Waals surface area contributed by atoms with Crippen LogP contribution in [0.25, 0.3) is 11.1 Å². The molecule has 0 saturated heterocycles. The standard InChI is InChI=1S/C33H26Cl2/c1-21-25-17-9-11-19-27(25)29(31(21)34)33(23-13-5-3-6-14-23,24-15-7-4-8-16-24)30-28-20-12-10-18-26(28)22(2)32(30)35/h3-20,29-30H,1-2H3. The molecule has 0 heterocycles.